The monoisotopic (exact) mass is 378 g/mol. The van der Waals surface area contributed by atoms with E-state index >= 15 is 0 Å². The second kappa shape index (κ2) is 10.9. The highest BCUT2D eigenvalue weighted by Gasteiger charge is 2.54. The van der Waals surface area contributed by atoms with Crippen molar-refractivity contribution >= 4 is 11.8 Å². The van der Waals surface area contributed by atoms with Crippen molar-refractivity contribution in [3.63, 3.8) is 0 Å². The lowest BCUT2D eigenvalue weighted by Crippen LogP contribution is -2.70. The van der Waals surface area contributed by atoms with Crippen molar-refractivity contribution in [2.75, 3.05) is 5.75 Å². The highest BCUT2D eigenvalue weighted by atomic mass is 32.2. The molecule has 2 aliphatic rings. The zero-order chi connectivity index (χ0) is 18.9. The third kappa shape index (κ3) is 4.97. The Morgan fingerprint density at radius 3 is 1.96 bits per heavy atom. The second-order valence-electron chi connectivity index (χ2n) is 8.62. The Hall–Kier alpha value is -0.250. The molecule has 3 heteroatoms. The van der Waals surface area contributed by atoms with Crippen LogP contribution in [0.25, 0.3) is 0 Å². The smallest absolute Gasteiger partial charge is 0.0497 e. The van der Waals surface area contributed by atoms with Crippen molar-refractivity contribution < 1.29 is 0 Å². The van der Waals surface area contributed by atoms with Crippen LogP contribution in [0.15, 0.2) is 25.3 Å². The molecule has 0 aromatic heterocycles. The van der Waals surface area contributed by atoms with Crippen molar-refractivity contribution in [3.05, 3.63) is 25.3 Å². The van der Waals surface area contributed by atoms with Gasteiger partial charge in [0.1, 0.15) is 0 Å². The zero-order valence-corrected chi connectivity index (χ0v) is 17.7. The van der Waals surface area contributed by atoms with Gasteiger partial charge in [-0.1, -0.05) is 63.5 Å². The Bertz CT molecular complexity index is 428. The number of rotatable bonds is 5. The van der Waals surface area contributed by atoms with Gasteiger partial charge in [0.2, 0.25) is 0 Å². The molecule has 2 rings (SSSR count). The van der Waals surface area contributed by atoms with Crippen LogP contribution in [-0.4, -0.2) is 22.1 Å². The average molecular weight is 379 g/mol. The van der Waals surface area contributed by atoms with Gasteiger partial charge in [0.25, 0.3) is 0 Å². The summed E-state index contributed by atoms with van der Waals surface area (Å²) in [5.74, 6) is 1.84. The van der Waals surface area contributed by atoms with E-state index in [9.17, 15) is 0 Å². The molecule has 3 atom stereocenters. The van der Waals surface area contributed by atoms with Crippen molar-refractivity contribution in [3.8, 4) is 0 Å². The lowest BCUT2D eigenvalue weighted by atomic mass is 9.64. The molecule has 0 aromatic carbocycles. The van der Waals surface area contributed by atoms with Gasteiger partial charge in [-0.2, -0.15) is 11.8 Å². The largest absolute Gasteiger partial charge is 0.326 e. The van der Waals surface area contributed by atoms with Gasteiger partial charge in [0.15, 0.2) is 0 Å². The molecular formula is C23H42N2S. The highest BCUT2D eigenvalue weighted by molar-refractivity contribution is 8.00. The van der Waals surface area contributed by atoms with Crippen LogP contribution in [0.4, 0.5) is 0 Å². The van der Waals surface area contributed by atoms with Gasteiger partial charge in [-0.15, -0.1) is 13.2 Å². The van der Waals surface area contributed by atoms with Crippen LogP contribution in [0.5, 0.6) is 0 Å². The minimum absolute atomic E-state index is 0.00294. The van der Waals surface area contributed by atoms with Crippen LogP contribution in [0, 0.1) is 5.92 Å². The topological polar surface area (TPSA) is 52.0 Å². The van der Waals surface area contributed by atoms with E-state index in [4.69, 9.17) is 11.5 Å². The fourth-order valence-corrected chi connectivity index (χ4v) is 7.32. The van der Waals surface area contributed by atoms with E-state index in [1.165, 1.54) is 76.4 Å². The van der Waals surface area contributed by atoms with Gasteiger partial charge in [0.05, 0.1) is 0 Å². The van der Waals surface area contributed by atoms with Gasteiger partial charge in [-0.05, 0) is 50.2 Å². The molecule has 26 heavy (non-hydrogen) atoms. The third-order valence-corrected chi connectivity index (χ3v) is 8.80. The molecule has 2 nitrogen and oxygen atoms in total. The quantitative estimate of drug-likeness (QED) is 0.580. The normalized spacial score (nSPS) is 35.8. The first kappa shape index (κ1) is 22.0. The SMILES string of the molecule is C=CCC1(N)C(N)CCCCCSC1(CC=C)C1CCCCCCCC1. The van der Waals surface area contributed by atoms with Crippen molar-refractivity contribution in [1.82, 2.24) is 0 Å². The van der Waals surface area contributed by atoms with Crippen molar-refractivity contribution in [1.29, 1.82) is 0 Å². The van der Waals surface area contributed by atoms with Crippen LogP contribution in [0.3, 0.4) is 0 Å². The molecule has 0 bridgehead atoms. The van der Waals surface area contributed by atoms with Gasteiger partial charge < -0.3 is 11.5 Å². The summed E-state index contributed by atoms with van der Waals surface area (Å²) >= 11 is 2.14. The Morgan fingerprint density at radius 2 is 1.35 bits per heavy atom. The lowest BCUT2D eigenvalue weighted by Gasteiger charge is -2.55. The molecule has 0 aromatic rings. The first-order valence-corrected chi connectivity index (χ1v) is 12.0. The molecule has 1 aliphatic carbocycles. The fourth-order valence-electron chi connectivity index (χ4n) is 5.39. The predicted molar refractivity (Wildman–Crippen MR) is 119 cm³/mol. The molecule has 1 saturated carbocycles. The van der Waals surface area contributed by atoms with E-state index in [1.807, 2.05) is 6.08 Å². The number of thioether (sulfide) groups is 1. The summed E-state index contributed by atoms with van der Waals surface area (Å²) in [6, 6.07) is 0.0404. The lowest BCUT2D eigenvalue weighted by molar-refractivity contribution is 0.168. The Kier molecular flexibility index (Phi) is 9.26. The number of nitrogens with two attached hydrogens (primary N) is 2. The Balaban J connectivity index is 2.46. The second-order valence-corrected chi connectivity index (χ2v) is 10.0. The molecule has 1 aliphatic heterocycles. The molecule has 0 amide bonds. The Labute approximate surface area is 166 Å². The first-order chi connectivity index (χ1) is 12.6. The fraction of sp³-hybridized carbons (Fsp3) is 0.826. The summed E-state index contributed by atoms with van der Waals surface area (Å²) in [5.41, 5.74) is 13.8. The maximum atomic E-state index is 7.31. The van der Waals surface area contributed by atoms with Crippen LogP contribution in [0.2, 0.25) is 0 Å². The summed E-state index contributed by atoms with van der Waals surface area (Å²) in [6.07, 6.45) is 21.5. The van der Waals surface area contributed by atoms with Gasteiger partial charge >= 0.3 is 0 Å². The van der Waals surface area contributed by atoms with Crippen LogP contribution < -0.4 is 11.5 Å². The molecule has 150 valence electrons. The predicted octanol–water partition coefficient (Wildman–Crippen LogP) is 5.96. The van der Waals surface area contributed by atoms with E-state index in [-0.39, 0.29) is 10.8 Å². The van der Waals surface area contributed by atoms with Crippen LogP contribution >= 0.6 is 11.8 Å². The summed E-state index contributed by atoms with van der Waals surface area (Å²) in [7, 11) is 0. The highest BCUT2D eigenvalue weighted by Crippen LogP contribution is 2.52. The van der Waals surface area contributed by atoms with Gasteiger partial charge in [0, 0.05) is 16.3 Å². The zero-order valence-electron chi connectivity index (χ0n) is 16.9. The number of hydrogen-bond acceptors (Lipinski definition) is 3. The van der Waals surface area contributed by atoms with E-state index < -0.39 is 5.54 Å². The maximum absolute atomic E-state index is 7.31. The molecule has 3 unspecified atom stereocenters. The summed E-state index contributed by atoms with van der Waals surface area (Å²) in [4.78, 5) is 0. The van der Waals surface area contributed by atoms with E-state index in [2.05, 4.69) is 31.0 Å². The molecule has 2 fully saturated rings. The third-order valence-electron chi connectivity index (χ3n) is 6.91. The molecule has 4 N–H and O–H groups in total. The van der Waals surface area contributed by atoms with E-state index in [0.717, 1.165) is 19.3 Å². The summed E-state index contributed by atoms with van der Waals surface area (Å²) in [5, 5.41) is 0. The van der Waals surface area contributed by atoms with Gasteiger partial charge in [-0.3, -0.25) is 0 Å². The molecule has 0 radical (unpaired) electrons. The molecule has 1 saturated heterocycles. The molecule has 0 spiro atoms. The van der Waals surface area contributed by atoms with Crippen LogP contribution in [-0.2, 0) is 0 Å². The minimum Gasteiger partial charge on any atom is -0.326 e. The average Bonchev–Trinajstić information content (AvgIpc) is 2.79. The van der Waals surface area contributed by atoms with Crippen molar-refractivity contribution in [2.24, 2.45) is 17.4 Å². The number of hydrogen-bond donors (Lipinski definition) is 2. The summed E-state index contributed by atoms with van der Waals surface area (Å²) in [6.45, 7) is 8.21. The molecule has 1 heterocycles. The Morgan fingerprint density at radius 1 is 0.808 bits per heavy atom. The molecular weight excluding hydrogens is 336 g/mol. The van der Waals surface area contributed by atoms with Crippen molar-refractivity contribution in [2.45, 2.75) is 106 Å². The summed E-state index contributed by atoms with van der Waals surface area (Å²) < 4.78 is -0.00294. The number of allylic oxidation sites excluding steroid dienone is 1. The minimum atomic E-state index is -0.392. The van der Waals surface area contributed by atoms with Gasteiger partial charge in [-0.25, -0.2) is 0 Å². The first-order valence-electron chi connectivity index (χ1n) is 11.0. The maximum Gasteiger partial charge on any atom is 0.0497 e. The van der Waals surface area contributed by atoms with Crippen LogP contribution in [0.1, 0.15) is 89.9 Å². The van der Waals surface area contributed by atoms with E-state index in [1.54, 1.807) is 0 Å². The van der Waals surface area contributed by atoms with E-state index in [0.29, 0.717) is 5.92 Å². The standard InChI is InChI=1S/C23H42N2S/c1-3-17-22(25)21(24)16-12-9-13-19-26-23(22,18-4-2)20-14-10-7-5-6-8-11-15-20/h3-4,20-21H,1-2,5-19,24-25H2.